The third-order valence-electron chi connectivity index (χ3n) is 2.45. The number of nitrogens with zero attached hydrogens (tertiary/aromatic N) is 1. The van der Waals surface area contributed by atoms with Crippen LogP contribution in [0.4, 0.5) is 0 Å². The molecule has 1 aromatic heterocycles. The first-order valence-electron chi connectivity index (χ1n) is 4.99. The van der Waals surface area contributed by atoms with Gasteiger partial charge in [-0.05, 0) is 6.92 Å². The number of carbonyl (C=O) groups is 1. The maximum absolute atomic E-state index is 10.8. The second kappa shape index (κ2) is 4.18. The molecule has 4 heteroatoms. The number of hydrogen-bond donors (Lipinski definition) is 2. The summed E-state index contributed by atoms with van der Waals surface area (Å²) in [6.07, 6.45) is -0.00738. The fourth-order valence-corrected chi connectivity index (χ4v) is 1.65. The minimum absolute atomic E-state index is 0.00738. The van der Waals surface area contributed by atoms with Gasteiger partial charge in [-0.3, -0.25) is 9.89 Å². The maximum atomic E-state index is 10.8. The normalized spacial score (nSPS) is 10.3. The fourth-order valence-electron chi connectivity index (χ4n) is 1.65. The Bertz CT molecular complexity index is 503. The zero-order valence-electron chi connectivity index (χ0n) is 8.90. The van der Waals surface area contributed by atoms with Crippen molar-refractivity contribution < 1.29 is 9.90 Å². The van der Waals surface area contributed by atoms with Crippen molar-refractivity contribution >= 4 is 5.97 Å². The minimum atomic E-state index is -0.846. The van der Waals surface area contributed by atoms with Gasteiger partial charge in [0.25, 0.3) is 0 Å². The van der Waals surface area contributed by atoms with E-state index in [1.807, 2.05) is 37.3 Å². The van der Waals surface area contributed by atoms with Crippen molar-refractivity contribution in [3.05, 3.63) is 41.6 Å². The average Bonchev–Trinajstić information content (AvgIpc) is 2.61. The molecule has 0 aliphatic carbocycles. The van der Waals surface area contributed by atoms with E-state index in [0.717, 1.165) is 22.5 Å². The van der Waals surface area contributed by atoms with Crippen LogP contribution in [0.5, 0.6) is 0 Å². The molecule has 0 unspecified atom stereocenters. The standard InChI is InChI=1S/C12H12N2O2/c1-8-10(7-11(15)16)12(14-13-8)9-5-3-2-4-6-9/h2-6H,7H2,1H3,(H,13,14)(H,15,16). The molecule has 16 heavy (non-hydrogen) atoms. The molecule has 82 valence electrons. The lowest BCUT2D eigenvalue weighted by Crippen LogP contribution is -2.01. The quantitative estimate of drug-likeness (QED) is 0.824. The van der Waals surface area contributed by atoms with Gasteiger partial charge in [0.2, 0.25) is 0 Å². The summed E-state index contributed by atoms with van der Waals surface area (Å²) in [6.45, 7) is 1.83. The molecule has 0 atom stereocenters. The number of nitrogens with one attached hydrogen (secondary N) is 1. The zero-order chi connectivity index (χ0) is 11.5. The third-order valence-corrected chi connectivity index (χ3v) is 2.45. The molecular weight excluding hydrogens is 204 g/mol. The van der Waals surface area contributed by atoms with Crippen LogP contribution >= 0.6 is 0 Å². The molecule has 2 rings (SSSR count). The van der Waals surface area contributed by atoms with Crippen molar-refractivity contribution in [3.63, 3.8) is 0 Å². The van der Waals surface area contributed by atoms with Crippen molar-refractivity contribution in [1.82, 2.24) is 10.2 Å². The zero-order valence-corrected chi connectivity index (χ0v) is 8.90. The fraction of sp³-hybridized carbons (Fsp3) is 0.167. The molecular formula is C12H12N2O2. The molecule has 1 heterocycles. The van der Waals surface area contributed by atoms with Gasteiger partial charge in [0.1, 0.15) is 0 Å². The van der Waals surface area contributed by atoms with E-state index in [9.17, 15) is 4.79 Å². The Morgan fingerprint density at radius 1 is 1.38 bits per heavy atom. The van der Waals surface area contributed by atoms with Crippen LogP contribution in [0.25, 0.3) is 11.3 Å². The van der Waals surface area contributed by atoms with E-state index in [0.29, 0.717) is 0 Å². The predicted molar refractivity (Wildman–Crippen MR) is 60.1 cm³/mol. The summed E-state index contributed by atoms with van der Waals surface area (Å²) in [6, 6.07) is 9.57. The molecule has 0 saturated heterocycles. The SMILES string of the molecule is Cc1[nH]nc(-c2ccccc2)c1CC(=O)O. The average molecular weight is 216 g/mol. The van der Waals surface area contributed by atoms with Gasteiger partial charge in [0, 0.05) is 16.8 Å². The van der Waals surface area contributed by atoms with Crippen molar-refractivity contribution in [2.45, 2.75) is 13.3 Å². The first-order chi connectivity index (χ1) is 7.68. The highest BCUT2D eigenvalue weighted by molar-refractivity contribution is 5.75. The summed E-state index contributed by atoms with van der Waals surface area (Å²) in [4.78, 5) is 10.8. The summed E-state index contributed by atoms with van der Waals surface area (Å²) in [5, 5.41) is 15.8. The smallest absolute Gasteiger partial charge is 0.307 e. The Kier molecular flexibility index (Phi) is 2.72. The van der Waals surface area contributed by atoms with Gasteiger partial charge in [-0.25, -0.2) is 0 Å². The Morgan fingerprint density at radius 3 is 2.69 bits per heavy atom. The van der Waals surface area contributed by atoms with Crippen molar-refractivity contribution in [2.24, 2.45) is 0 Å². The molecule has 2 N–H and O–H groups in total. The second-order valence-corrected chi connectivity index (χ2v) is 3.61. The third kappa shape index (κ3) is 1.95. The van der Waals surface area contributed by atoms with Gasteiger partial charge < -0.3 is 5.11 Å². The number of aromatic nitrogens is 2. The molecule has 0 bridgehead atoms. The maximum Gasteiger partial charge on any atom is 0.307 e. The van der Waals surface area contributed by atoms with E-state index in [-0.39, 0.29) is 6.42 Å². The molecule has 0 radical (unpaired) electrons. The summed E-state index contributed by atoms with van der Waals surface area (Å²) in [7, 11) is 0. The highest BCUT2D eigenvalue weighted by Crippen LogP contribution is 2.23. The summed E-state index contributed by atoms with van der Waals surface area (Å²) in [5.74, 6) is -0.846. The number of aromatic amines is 1. The molecule has 0 fully saturated rings. The van der Waals surface area contributed by atoms with Gasteiger partial charge in [0.05, 0.1) is 12.1 Å². The minimum Gasteiger partial charge on any atom is -0.481 e. The number of rotatable bonds is 3. The lowest BCUT2D eigenvalue weighted by molar-refractivity contribution is -0.136. The highest BCUT2D eigenvalue weighted by Gasteiger charge is 2.14. The number of aliphatic carboxylic acids is 1. The number of benzene rings is 1. The lowest BCUT2D eigenvalue weighted by Gasteiger charge is -2.00. The Morgan fingerprint density at radius 2 is 2.06 bits per heavy atom. The van der Waals surface area contributed by atoms with Gasteiger partial charge in [-0.15, -0.1) is 0 Å². The van der Waals surface area contributed by atoms with E-state index < -0.39 is 5.97 Å². The number of carboxylic acids is 1. The summed E-state index contributed by atoms with van der Waals surface area (Å²) >= 11 is 0. The largest absolute Gasteiger partial charge is 0.481 e. The molecule has 0 aliphatic rings. The van der Waals surface area contributed by atoms with Crippen molar-refractivity contribution in [3.8, 4) is 11.3 Å². The first kappa shape index (κ1) is 10.4. The topological polar surface area (TPSA) is 66.0 Å². The van der Waals surface area contributed by atoms with Gasteiger partial charge in [0.15, 0.2) is 0 Å². The van der Waals surface area contributed by atoms with Crippen LogP contribution < -0.4 is 0 Å². The van der Waals surface area contributed by atoms with Crippen LogP contribution in [0.3, 0.4) is 0 Å². The number of aryl methyl sites for hydroxylation is 1. The Labute approximate surface area is 92.9 Å². The van der Waals surface area contributed by atoms with Crippen molar-refractivity contribution in [1.29, 1.82) is 0 Å². The van der Waals surface area contributed by atoms with E-state index in [1.165, 1.54) is 0 Å². The molecule has 0 saturated carbocycles. The van der Waals surface area contributed by atoms with Crippen LogP contribution in [-0.4, -0.2) is 21.3 Å². The van der Waals surface area contributed by atoms with Crippen LogP contribution in [0.1, 0.15) is 11.3 Å². The van der Waals surface area contributed by atoms with Crippen molar-refractivity contribution in [2.75, 3.05) is 0 Å². The van der Waals surface area contributed by atoms with Crippen LogP contribution in [0.15, 0.2) is 30.3 Å². The van der Waals surface area contributed by atoms with Gasteiger partial charge >= 0.3 is 5.97 Å². The Hall–Kier alpha value is -2.10. The van der Waals surface area contributed by atoms with E-state index in [1.54, 1.807) is 0 Å². The molecule has 2 aromatic rings. The molecule has 0 spiro atoms. The monoisotopic (exact) mass is 216 g/mol. The van der Waals surface area contributed by atoms with Crippen LogP contribution in [-0.2, 0) is 11.2 Å². The van der Waals surface area contributed by atoms with E-state index in [4.69, 9.17) is 5.11 Å². The highest BCUT2D eigenvalue weighted by atomic mass is 16.4. The van der Waals surface area contributed by atoms with Crippen LogP contribution in [0, 0.1) is 6.92 Å². The van der Waals surface area contributed by atoms with E-state index >= 15 is 0 Å². The molecule has 0 amide bonds. The number of carboxylic acid groups (broad SMARTS) is 1. The predicted octanol–water partition coefficient (Wildman–Crippen LogP) is 2.01. The van der Waals surface area contributed by atoms with Crippen LogP contribution in [0.2, 0.25) is 0 Å². The van der Waals surface area contributed by atoms with E-state index in [2.05, 4.69) is 10.2 Å². The molecule has 4 nitrogen and oxygen atoms in total. The number of hydrogen-bond acceptors (Lipinski definition) is 2. The second-order valence-electron chi connectivity index (χ2n) is 3.61. The van der Waals surface area contributed by atoms with Gasteiger partial charge in [-0.1, -0.05) is 30.3 Å². The summed E-state index contributed by atoms with van der Waals surface area (Å²) in [5.41, 5.74) is 3.21. The first-order valence-corrected chi connectivity index (χ1v) is 4.99. The lowest BCUT2D eigenvalue weighted by atomic mass is 10.0. The molecule has 0 aliphatic heterocycles. The number of H-pyrrole nitrogens is 1. The summed E-state index contributed by atoms with van der Waals surface area (Å²) < 4.78 is 0. The Balaban J connectivity index is 2.46. The van der Waals surface area contributed by atoms with Gasteiger partial charge in [-0.2, -0.15) is 5.10 Å². The molecule has 1 aromatic carbocycles.